The van der Waals surface area contributed by atoms with E-state index in [1.165, 1.54) is 11.5 Å². The summed E-state index contributed by atoms with van der Waals surface area (Å²) in [4.78, 5) is 12.9. The van der Waals surface area contributed by atoms with Crippen molar-refractivity contribution < 1.29 is 14.3 Å². The van der Waals surface area contributed by atoms with Crippen molar-refractivity contribution in [1.29, 1.82) is 0 Å². The number of nitrogens with one attached hydrogen (secondary N) is 1. The van der Waals surface area contributed by atoms with Crippen LogP contribution in [0.3, 0.4) is 0 Å². The smallest absolute Gasteiger partial charge is 0.231 e. The molecule has 0 saturated carbocycles. The van der Waals surface area contributed by atoms with Crippen LogP contribution in [-0.4, -0.2) is 22.3 Å². The Balaban J connectivity index is 1.58. The van der Waals surface area contributed by atoms with Gasteiger partial charge in [-0.1, -0.05) is 10.6 Å². The van der Waals surface area contributed by atoms with Gasteiger partial charge in [0.1, 0.15) is 0 Å². The summed E-state index contributed by atoms with van der Waals surface area (Å²) < 4.78 is 14.4. The van der Waals surface area contributed by atoms with Crippen LogP contribution in [0.25, 0.3) is 0 Å². The molecule has 0 saturated heterocycles. The van der Waals surface area contributed by atoms with E-state index in [1.807, 2.05) is 25.1 Å². The molecule has 0 aliphatic carbocycles. The van der Waals surface area contributed by atoms with Gasteiger partial charge in [0.2, 0.25) is 12.7 Å². The van der Waals surface area contributed by atoms with E-state index in [0.29, 0.717) is 18.7 Å². The maximum atomic E-state index is 11.9. The first kappa shape index (κ1) is 12.9. The molecular formula is C13H13N3O3S. The van der Waals surface area contributed by atoms with Crippen molar-refractivity contribution in [3.05, 3.63) is 34.3 Å². The molecule has 20 heavy (non-hydrogen) atoms. The Kier molecular flexibility index (Phi) is 3.51. The summed E-state index contributed by atoms with van der Waals surface area (Å²) in [6.07, 6.45) is 0.307. The monoisotopic (exact) mass is 291 g/mol. The molecule has 0 bridgehead atoms. The predicted molar refractivity (Wildman–Crippen MR) is 72.8 cm³/mol. The van der Waals surface area contributed by atoms with Gasteiger partial charge in [0.25, 0.3) is 0 Å². The second kappa shape index (κ2) is 5.46. The van der Waals surface area contributed by atoms with Gasteiger partial charge in [-0.05, 0) is 36.2 Å². The Bertz CT molecular complexity index is 642. The highest BCUT2D eigenvalue weighted by molar-refractivity contribution is 7.05. The lowest BCUT2D eigenvalue weighted by molar-refractivity contribution is -0.120. The van der Waals surface area contributed by atoms with E-state index in [0.717, 1.165) is 21.9 Å². The van der Waals surface area contributed by atoms with Crippen LogP contribution in [0.1, 0.15) is 16.1 Å². The van der Waals surface area contributed by atoms with Crippen molar-refractivity contribution in [3.8, 4) is 11.5 Å². The third-order valence-corrected chi connectivity index (χ3v) is 3.82. The number of hydrogen-bond donors (Lipinski definition) is 1. The molecule has 1 N–H and O–H groups in total. The lowest BCUT2D eigenvalue weighted by atomic mass is 10.1. The molecule has 0 unspecified atom stereocenters. The van der Waals surface area contributed by atoms with E-state index in [1.54, 1.807) is 0 Å². The van der Waals surface area contributed by atoms with Crippen molar-refractivity contribution >= 4 is 17.4 Å². The second-order valence-corrected chi connectivity index (χ2v) is 5.26. The SMILES string of the molecule is Cc1nnsc1CNC(=O)Cc1ccc2c(c1)OCO2. The first-order valence-electron chi connectivity index (χ1n) is 6.15. The fourth-order valence-electron chi connectivity index (χ4n) is 1.89. The molecule has 0 fully saturated rings. The van der Waals surface area contributed by atoms with Crippen molar-refractivity contribution in [3.63, 3.8) is 0 Å². The van der Waals surface area contributed by atoms with E-state index < -0.39 is 0 Å². The normalized spacial score (nSPS) is 12.4. The van der Waals surface area contributed by atoms with Crippen LogP contribution >= 0.6 is 11.5 Å². The molecule has 1 amide bonds. The molecule has 0 atom stereocenters. The van der Waals surface area contributed by atoms with Gasteiger partial charge < -0.3 is 14.8 Å². The first-order chi connectivity index (χ1) is 9.72. The Morgan fingerprint density at radius 2 is 2.25 bits per heavy atom. The van der Waals surface area contributed by atoms with Crippen LogP contribution in [0.4, 0.5) is 0 Å². The van der Waals surface area contributed by atoms with E-state index in [-0.39, 0.29) is 12.7 Å². The quantitative estimate of drug-likeness (QED) is 0.922. The maximum Gasteiger partial charge on any atom is 0.231 e. The van der Waals surface area contributed by atoms with Crippen LogP contribution in [0.15, 0.2) is 18.2 Å². The van der Waals surface area contributed by atoms with Crippen LogP contribution in [0.2, 0.25) is 0 Å². The molecule has 104 valence electrons. The summed E-state index contributed by atoms with van der Waals surface area (Å²) in [5, 5.41) is 6.77. The zero-order valence-electron chi connectivity index (χ0n) is 10.9. The highest BCUT2D eigenvalue weighted by Crippen LogP contribution is 2.32. The Morgan fingerprint density at radius 3 is 3.05 bits per heavy atom. The number of hydrogen-bond acceptors (Lipinski definition) is 6. The summed E-state index contributed by atoms with van der Waals surface area (Å²) in [6, 6.07) is 5.52. The topological polar surface area (TPSA) is 73.3 Å². The van der Waals surface area contributed by atoms with Gasteiger partial charge in [0, 0.05) is 0 Å². The van der Waals surface area contributed by atoms with E-state index in [2.05, 4.69) is 14.9 Å². The summed E-state index contributed by atoms with van der Waals surface area (Å²) >= 11 is 1.30. The molecule has 1 aromatic heterocycles. The summed E-state index contributed by atoms with van der Waals surface area (Å²) in [5.74, 6) is 1.37. The number of ether oxygens (including phenoxy) is 2. The zero-order chi connectivity index (χ0) is 13.9. The van der Waals surface area contributed by atoms with Crippen molar-refractivity contribution in [1.82, 2.24) is 14.9 Å². The van der Waals surface area contributed by atoms with Gasteiger partial charge in [-0.25, -0.2) is 0 Å². The van der Waals surface area contributed by atoms with Crippen molar-refractivity contribution in [2.45, 2.75) is 19.9 Å². The van der Waals surface area contributed by atoms with Gasteiger partial charge >= 0.3 is 0 Å². The van der Waals surface area contributed by atoms with Crippen LogP contribution in [0.5, 0.6) is 11.5 Å². The molecular weight excluding hydrogens is 278 g/mol. The maximum absolute atomic E-state index is 11.9. The molecule has 0 spiro atoms. The van der Waals surface area contributed by atoms with Crippen LogP contribution in [0, 0.1) is 6.92 Å². The van der Waals surface area contributed by atoms with Crippen molar-refractivity contribution in [2.24, 2.45) is 0 Å². The third-order valence-electron chi connectivity index (χ3n) is 2.99. The van der Waals surface area contributed by atoms with Gasteiger partial charge in [0.15, 0.2) is 11.5 Å². The summed E-state index contributed by atoms with van der Waals surface area (Å²) in [6.45, 7) is 2.58. The largest absolute Gasteiger partial charge is 0.454 e. The zero-order valence-corrected chi connectivity index (χ0v) is 11.7. The second-order valence-electron chi connectivity index (χ2n) is 4.42. The van der Waals surface area contributed by atoms with E-state index in [9.17, 15) is 4.79 Å². The molecule has 3 rings (SSSR count). The third kappa shape index (κ3) is 2.72. The molecule has 1 aliphatic rings. The average Bonchev–Trinajstić information content (AvgIpc) is 3.04. The number of fused-ring (bicyclic) bond motifs is 1. The van der Waals surface area contributed by atoms with Gasteiger partial charge in [0.05, 0.1) is 23.5 Å². The highest BCUT2D eigenvalue weighted by Gasteiger charge is 2.14. The average molecular weight is 291 g/mol. The molecule has 7 heteroatoms. The standard InChI is InChI=1S/C13H13N3O3S/c1-8-12(20-16-15-8)6-14-13(17)5-9-2-3-10-11(4-9)19-7-18-10/h2-4H,5-7H2,1H3,(H,14,17). The number of carbonyl (C=O) groups excluding carboxylic acids is 1. The minimum absolute atomic E-state index is 0.0448. The number of benzene rings is 1. The number of aryl methyl sites for hydroxylation is 1. The molecule has 2 heterocycles. The minimum atomic E-state index is -0.0448. The number of aromatic nitrogens is 2. The number of rotatable bonds is 4. The lowest BCUT2D eigenvalue weighted by Crippen LogP contribution is -2.24. The lowest BCUT2D eigenvalue weighted by Gasteiger charge is -2.05. The van der Waals surface area contributed by atoms with E-state index in [4.69, 9.17) is 9.47 Å². The molecule has 6 nitrogen and oxygen atoms in total. The summed E-state index contributed by atoms with van der Waals surface area (Å²) in [7, 11) is 0. The number of amides is 1. The Labute approximate surface area is 119 Å². The fourth-order valence-corrected chi connectivity index (χ4v) is 2.46. The fraction of sp³-hybridized carbons (Fsp3) is 0.308. The van der Waals surface area contributed by atoms with Crippen LogP contribution in [-0.2, 0) is 17.8 Å². The minimum Gasteiger partial charge on any atom is -0.454 e. The van der Waals surface area contributed by atoms with Gasteiger partial charge in [-0.15, -0.1) is 5.10 Å². The molecule has 1 aromatic carbocycles. The van der Waals surface area contributed by atoms with Gasteiger partial charge in [-0.2, -0.15) is 0 Å². The highest BCUT2D eigenvalue weighted by atomic mass is 32.1. The van der Waals surface area contributed by atoms with Gasteiger partial charge in [-0.3, -0.25) is 4.79 Å². The molecule has 2 aromatic rings. The number of carbonyl (C=O) groups is 1. The predicted octanol–water partition coefficient (Wildman–Crippen LogP) is 1.43. The first-order valence-corrected chi connectivity index (χ1v) is 6.93. The molecule has 0 radical (unpaired) electrons. The Morgan fingerprint density at radius 1 is 1.40 bits per heavy atom. The Hall–Kier alpha value is -2.15. The molecule has 1 aliphatic heterocycles. The number of nitrogens with zero attached hydrogens (tertiary/aromatic N) is 2. The van der Waals surface area contributed by atoms with E-state index >= 15 is 0 Å². The van der Waals surface area contributed by atoms with Crippen LogP contribution < -0.4 is 14.8 Å². The van der Waals surface area contributed by atoms with Crippen molar-refractivity contribution in [2.75, 3.05) is 6.79 Å². The summed E-state index contributed by atoms with van der Waals surface area (Å²) in [5.41, 5.74) is 1.75.